The molecule has 0 saturated carbocycles. The summed E-state index contributed by atoms with van der Waals surface area (Å²) in [6, 6.07) is 18.2. The van der Waals surface area contributed by atoms with Gasteiger partial charge in [0.25, 0.3) is 11.8 Å². The van der Waals surface area contributed by atoms with E-state index in [2.05, 4.69) is 15.6 Å². The molecule has 3 amide bonds. The minimum atomic E-state index is -3.90. The van der Waals surface area contributed by atoms with Gasteiger partial charge in [0.2, 0.25) is 13.3 Å². The van der Waals surface area contributed by atoms with Crippen LogP contribution in [-0.2, 0) is 9.36 Å². The van der Waals surface area contributed by atoms with Gasteiger partial charge >= 0.3 is 0 Å². The summed E-state index contributed by atoms with van der Waals surface area (Å²) in [4.78, 5) is 56.1. The van der Waals surface area contributed by atoms with Crippen molar-refractivity contribution < 1.29 is 23.8 Å². The largest absolute Gasteiger partial charge is 0.345 e. The third-order valence-corrected chi connectivity index (χ3v) is 8.84. The lowest BCUT2D eigenvalue weighted by molar-refractivity contribution is -0.118. The van der Waals surface area contributed by atoms with Crippen molar-refractivity contribution in [3.8, 4) is 0 Å². The van der Waals surface area contributed by atoms with Crippen molar-refractivity contribution in [1.29, 1.82) is 0 Å². The fraction of sp³-hybridized carbons (Fsp3) is 0.375. The summed E-state index contributed by atoms with van der Waals surface area (Å²) in [6.07, 6.45) is 2.76. The van der Waals surface area contributed by atoms with Crippen LogP contribution >= 0.6 is 7.37 Å². The molecule has 0 saturated heterocycles. The SMILES string of the molecule is CCCN(CCC)C(=O)c1cccc(C(=O)N[C@H](CP(=O)(O)CC(C)C(=O)Nc2ccc(C)cn2)c2ccccc2)c1. The summed E-state index contributed by atoms with van der Waals surface area (Å²) in [6.45, 7) is 8.75. The smallest absolute Gasteiger partial charge is 0.253 e. The van der Waals surface area contributed by atoms with Gasteiger partial charge in [0.1, 0.15) is 5.82 Å². The second-order valence-electron chi connectivity index (χ2n) is 10.6. The van der Waals surface area contributed by atoms with Crippen LogP contribution in [0.3, 0.4) is 0 Å². The van der Waals surface area contributed by atoms with Crippen molar-refractivity contribution in [3.05, 3.63) is 95.2 Å². The summed E-state index contributed by atoms with van der Waals surface area (Å²) < 4.78 is 13.4. The first kappa shape index (κ1) is 32.7. The molecule has 0 aliphatic carbocycles. The van der Waals surface area contributed by atoms with E-state index in [0.29, 0.717) is 30.0 Å². The number of rotatable bonds is 14. The first-order valence-electron chi connectivity index (χ1n) is 14.3. The number of carbonyl (C=O) groups excluding carboxylic acids is 3. The molecule has 42 heavy (non-hydrogen) atoms. The van der Waals surface area contributed by atoms with E-state index in [1.807, 2.05) is 32.9 Å². The lowest BCUT2D eigenvalue weighted by atomic mass is 10.1. The lowest BCUT2D eigenvalue weighted by Crippen LogP contribution is -2.33. The Hall–Kier alpha value is -3.81. The van der Waals surface area contributed by atoms with E-state index in [4.69, 9.17) is 0 Å². The number of anilines is 1. The van der Waals surface area contributed by atoms with Gasteiger partial charge in [-0.05, 0) is 55.2 Å². The number of carbonyl (C=O) groups is 3. The van der Waals surface area contributed by atoms with Gasteiger partial charge in [0.15, 0.2) is 0 Å². The predicted octanol–water partition coefficient (Wildman–Crippen LogP) is 5.67. The maximum Gasteiger partial charge on any atom is 0.253 e. The molecule has 3 aromatic rings. The van der Waals surface area contributed by atoms with Crippen LogP contribution in [0.4, 0.5) is 5.82 Å². The zero-order valence-electron chi connectivity index (χ0n) is 24.7. The summed E-state index contributed by atoms with van der Waals surface area (Å²) in [5, 5.41) is 5.58. The molecule has 2 aromatic carbocycles. The molecule has 0 fully saturated rings. The van der Waals surface area contributed by atoms with E-state index in [1.54, 1.807) is 72.6 Å². The van der Waals surface area contributed by atoms with Gasteiger partial charge in [-0.1, -0.05) is 63.2 Å². The average Bonchev–Trinajstić information content (AvgIpc) is 2.97. The first-order chi connectivity index (χ1) is 20.0. The molecule has 1 heterocycles. The highest BCUT2D eigenvalue weighted by Gasteiger charge is 2.31. The normalized spacial score (nSPS) is 13.8. The third-order valence-electron chi connectivity index (χ3n) is 6.79. The Balaban J connectivity index is 1.75. The fourth-order valence-corrected chi connectivity index (χ4v) is 6.70. The molecule has 3 N–H and O–H groups in total. The van der Waals surface area contributed by atoms with Gasteiger partial charge in [-0.2, -0.15) is 0 Å². The van der Waals surface area contributed by atoms with E-state index in [-0.39, 0.29) is 23.8 Å². The first-order valence-corrected chi connectivity index (χ1v) is 16.4. The second kappa shape index (κ2) is 15.4. The molecule has 10 heteroatoms. The van der Waals surface area contributed by atoms with E-state index < -0.39 is 31.1 Å². The van der Waals surface area contributed by atoms with Gasteiger partial charge in [-0.25, -0.2) is 4.98 Å². The van der Waals surface area contributed by atoms with Crippen molar-refractivity contribution in [2.75, 3.05) is 30.7 Å². The molecule has 0 aliphatic heterocycles. The van der Waals surface area contributed by atoms with Crippen LogP contribution < -0.4 is 10.6 Å². The standard InChI is InChI=1S/C32H41N4O5P/c1-5-17-36(18-6-2)32(39)27-14-10-13-26(19-27)31(38)34-28(25-11-8-7-9-12-25)22-42(40,41)21-24(4)30(37)35-29-16-15-23(3)20-33-29/h7-16,19-20,24,28H,5-6,17-18,21-22H2,1-4H3,(H,34,38)(H,40,41)(H,33,35,37)/t24?,28-/m1/s1. The van der Waals surface area contributed by atoms with Gasteiger partial charge in [0, 0.05) is 48.7 Å². The Morgan fingerprint density at radius 1 is 0.929 bits per heavy atom. The minimum Gasteiger partial charge on any atom is -0.345 e. The quantitative estimate of drug-likeness (QED) is 0.207. The molecule has 3 atom stereocenters. The molecular weight excluding hydrogens is 551 g/mol. The highest BCUT2D eigenvalue weighted by atomic mass is 31.2. The number of amides is 3. The van der Waals surface area contributed by atoms with Gasteiger partial charge < -0.3 is 20.4 Å². The van der Waals surface area contributed by atoms with Crippen LogP contribution in [0.1, 0.15) is 71.5 Å². The van der Waals surface area contributed by atoms with Gasteiger partial charge in [-0.3, -0.25) is 18.9 Å². The summed E-state index contributed by atoms with van der Waals surface area (Å²) in [5.41, 5.74) is 2.30. The van der Waals surface area contributed by atoms with Crippen LogP contribution in [0.25, 0.3) is 0 Å². The second-order valence-corrected chi connectivity index (χ2v) is 13.1. The van der Waals surface area contributed by atoms with E-state index in [9.17, 15) is 23.8 Å². The van der Waals surface area contributed by atoms with E-state index >= 15 is 0 Å². The molecule has 0 bridgehead atoms. The zero-order valence-corrected chi connectivity index (χ0v) is 25.6. The molecule has 9 nitrogen and oxygen atoms in total. The fourth-order valence-electron chi connectivity index (χ4n) is 4.65. The number of aryl methyl sites for hydroxylation is 1. The number of hydrogen-bond acceptors (Lipinski definition) is 5. The number of benzene rings is 2. The van der Waals surface area contributed by atoms with Gasteiger partial charge in [-0.15, -0.1) is 0 Å². The van der Waals surface area contributed by atoms with Crippen LogP contribution in [0.2, 0.25) is 0 Å². The monoisotopic (exact) mass is 592 g/mol. The Labute approximate surface area is 248 Å². The number of aromatic nitrogens is 1. The van der Waals surface area contributed by atoms with Crippen LogP contribution in [0.5, 0.6) is 0 Å². The summed E-state index contributed by atoms with van der Waals surface area (Å²) in [7, 11) is -3.90. The van der Waals surface area contributed by atoms with Crippen molar-refractivity contribution in [2.24, 2.45) is 5.92 Å². The maximum absolute atomic E-state index is 13.4. The van der Waals surface area contributed by atoms with Crippen LogP contribution in [-0.4, -0.2) is 57.9 Å². The molecule has 3 rings (SSSR count). The van der Waals surface area contributed by atoms with Crippen molar-refractivity contribution >= 4 is 30.9 Å². The lowest BCUT2D eigenvalue weighted by Gasteiger charge is -2.24. The number of pyridine rings is 1. The summed E-state index contributed by atoms with van der Waals surface area (Å²) >= 11 is 0. The molecule has 0 radical (unpaired) electrons. The Morgan fingerprint density at radius 2 is 1.60 bits per heavy atom. The molecular formula is C32H41N4O5P. The van der Waals surface area contributed by atoms with Crippen molar-refractivity contribution in [1.82, 2.24) is 15.2 Å². The van der Waals surface area contributed by atoms with Crippen LogP contribution in [0, 0.1) is 12.8 Å². The average molecular weight is 593 g/mol. The zero-order chi connectivity index (χ0) is 30.7. The molecule has 1 aromatic heterocycles. The highest BCUT2D eigenvalue weighted by molar-refractivity contribution is 7.58. The number of nitrogens with one attached hydrogen (secondary N) is 2. The highest BCUT2D eigenvalue weighted by Crippen LogP contribution is 2.46. The molecule has 0 spiro atoms. The maximum atomic E-state index is 13.4. The summed E-state index contributed by atoms with van der Waals surface area (Å²) in [5.74, 6) is -1.42. The van der Waals surface area contributed by atoms with Gasteiger partial charge in [0.05, 0.1) is 6.04 Å². The van der Waals surface area contributed by atoms with Crippen molar-refractivity contribution in [3.63, 3.8) is 0 Å². The Morgan fingerprint density at radius 3 is 2.21 bits per heavy atom. The minimum absolute atomic E-state index is 0.138. The third kappa shape index (κ3) is 9.64. The molecule has 0 aliphatic rings. The van der Waals surface area contributed by atoms with E-state index in [1.165, 1.54) is 0 Å². The van der Waals surface area contributed by atoms with E-state index in [0.717, 1.165) is 18.4 Å². The molecule has 2 unspecified atom stereocenters. The Kier molecular flexibility index (Phi) is 12.0. The number of nitrogens with zero attached hydrogens (tertiary/aromatic N) is 2. The molecule has 224 valence electrons. The number of hydrogen-bond donors (Lipinski definition) is 3. The Bertz CT molecular complexity index is 1390. The predicted molar refractivity (Wildman–Crippen MR) is 166 cm³/mol. The van der Waals surface area contributed by atoms with Crippen LogP contribution in [0.15, 0.2) is 72.9 Å². The van der Waals surface area contributed by atoms with Crippen molar-refractivity contribution in [2.45, 2.75) is 46.6 Å². The topological polar surface area (TPSA) is 129 Å².